The van der Waals surface area contributed by atoms with Crippen LogP contribution in [0.2, 0.25) is 5.02 Å². The maximum atomic E-state index is 6.54. The van der Waals surface area contributed by atoms with Crippen LogP contribution in [-0.4, -0.2) is 6.61 Å². The first-order valence-corrected chi connectivity index (χ1v) is 7.20. The average molecular weight is 293 g/mol. The molecule has 1 heterocycles. The smallest absolute Gasteiger partial charge is 0.122 e. The topological polar surface area (TPSA) is 9.23 Å². The first-order chi connectivity index (χ1) is 9.24. The molecule has 2 aromatic carbocycles. The van der Waals surface area contributed by atoms with Crippen LogP contribution in [0.5, 0.6) is 5.75 Å². The first kappa shape index (κ1) is 12.8. The minimum atomic E-state index is -0.149. The second kappa shape index (κ2) is 5.44. The Balaban J connectivity index is 1.91. The Morgan fingerprint density at radius 2 is 1.74 bits per heavy atom. The molecule has 2 aromatic rings. The van der Waals surface area contributed by atoms with Crippen LogP contribution in [0.3, 0.4) is 0 Å². The monoisotopic (exact) mass is 292 g/mol. The summed E-state index contributed by atoms with van der Waals surface area (Å²) >= 11 is 12.4. The highest BCUT2D eigenvalue weighted by atomic mass is 35.5. The predicted octanol–water partition coefficient (Wildman–Crippen LogP) is 4.99. The van der Waals surface area contributed by atoms with Crippen molar-refractivity contribution in [2.75, 3.05) is 6.61 Å². The first-order valence-electron chi connectivity index (χ1n) is 6.39. The van der Waals surface area contributed by atoms with Gasteiger partial charge in [0.2, 0.25) is 0 Å². The lowest BCUT2D eigenvalue weighted by molar-refractivity contribution is 0.288. The standard InChI is InChI=1S/C16H14Cl2O/c17-14-6-3-11(4-7-14)16(18)13-5-8-15-12(10-13)2-1-9-19-15/h3-8,10,16H,1-2,9H2. The second-order valence-electron chi connectivity index (χ2n) is 4.73. The summed E-state index contributed by atoms with van der Waals surface area (Å²) < 4.78 is 5.62. The number of benzene rings is 2. The van der Waals surface area contributed by atoms with E-state index >= 15 is 0 Å². The van der Waals surface area contributed by atoms with Gasteiger partial charge in [-0.1, -0.05) is 35.9 Å². The minimum Gasteiger partial charge on any atom is -0.493 e. The van der Waals surface area contributed by atoms with Gasteiger partial charge >= 0.3 is 0 Å². The van der Waals surface area contributed by atoms with Crippen molar-refractivity contribution in [2.45, 2.75) is 18.2 Å². The Bertz CT molecular complexity index is 578. The Morgan fingerprint density at radius 1 is 1.00 bits per heavy atom. The van der Waals surface area contributed by atoms with Gasteiger partial charge in [0.05, 0.1) is 12.0 Å². The number of fused-ring (bicyclic) bond motifs is 1. The molecule has 0 aliphatic carbocycles. The Morgan fingerprint density at radius 3 is 2.53 bits per heavy atom. The molecule has 0 aromatic heterocycles. The third kappa shape index (κ3) is 2.72. The van der Waals surface area contributed by atoms with E-state index in [0.29, 0.717) is 0 Å². The van der Waals surface area contributed by atoms with Gasteiger partial charge in [0, 0.05) is 5.02 Å². The van der Waals surface area contributed by atoms with Gasteiger partial charge in [-0.2, -0.15) is 0 Å². The molecule has 0 N–H and O–H groups in total. The minimum absolute atomic E-state index is 0.149. The highest BCUT2D eigenvalue weighted by Crippen LogP contribution is 2.34. The molecule has 1 nitrogen and oxygen atoms in total. The fourth-order valence-electron chi connectivity index (χ4n) is 2.36. The molecule has 0 radical (unpaired) electrons. The Hall–Kier alpha value is -1.18. The molecule has 98 valence electrons. The third-order valence-corrected chi connectivity index (χ3v) is 4.14. The maximum Gasteiger partial charge on any atom is 0.122 e. The highest BCUT2D eigenvalue weighted by Gasteiger charge is 2.15. The van der Waals surface area contributed by atoms with Gasteiger partial charge in [0.25, 0.3) is 0 Å². The third-order valence-electron chi connectivity index (χ3n) is 3.39. The molecule has 1 aliphatic heterocycles. The van der Waals surface area contributed by atoms with Crippen molar-refractivity contribution < 1.29 is 4.74 Å². The summed E-state index contributed by atoms with van der Waals surface area (Å²) in [6.45, 7) is 0.813. The Labute approximate surface area is 123 Å². The highest BCUT2D eigenvalue weighted by molar-refractivity contribution is 6.30. The lowest BCUT2D eigenvalue weighted by Gasteiger charge is -2.19. The molecule has 0 spiro atoms. The number of rotatable bonds is 2. The fourth-order valence-corrected chi connectivity index (χ4v) is 2.77. The van der Waals surface area contributed by atoms with Gasteiger partial charge in [-0.3, -0.25) is 0 Å². The average Bonchev–Trinajstić information content (AvgIpc) is 2.47. The lowest BCUT2D eigenvalue weighted by Crippen LogP contribution is -2.08. The molecule has 0 saturated heterocycles. The van der Waals surface area contributed by atoms with Gasteiger partial charge in [-0.25, -0.2) is 0 Å². The molecular formula is C16H14Cl2O. The van der Waals surface area contributed by atoms with E-state index in [1.54, 1.807) is 0 Å². The number of ether oxygens (including phenoxy) is 1. The SMILES string of the molecule is Clc1ccc(C(Cl)c2ccc3c(c2)CCCO3)cc1. The molecule has 1 unspecified atom stereocenters. The Kier molecular flexibility index (Phi) is 3.67. The van der Waals surface area contributed by atoms with Crippen LogP contribution < -0.4 is 4.74 Å². The van der Waals surface area contributed by atoms with Gasteiger partial charge in [-0.15, -0.1) is 11.6 Å². The summed E-state index contributed by atoms with van der Waals surface area (Å²) in [6, 6.07) is 13.9. The largest absolute Gasteiger partial charge is 0.493 e. The number of aryl methyl sites for hydroxylation is 1. The summed E-state index contributed by atoms with van der Waals surface area (Å²) in [4.78, 5) is 0. The molecule has 0 bridgehead atoms. The molecule has 19 heavy (non-hydrogen) atoms. The van der Waals surface area contributed by atoms with E-state index in [2.05, 4.69) is 6.07 Å². The maximum absolute atomic E-state index is 6.54. The second-order valence-corrected chi connectivity index (χ2v) is 5.61. The zero-order valence-corrected chi connectivity index (χ0v) is 11.9. The van der Waals surface area contributed by atoms with Crippen molar-refractivity contribution in [3.05, 3.63) is 64.2 Å². The molecule has 1 atom stereocenters. The molecule has 3 heteroatoms. The summed E-state index contributed by atoms with van der Waals surface area (Å²) in [7, 11) is 0. The van der Waals surface area contributed by atoms with Crippen LogP contribution in [0.15, 0.2) is 42.5 Å². The molecule has 0 fully saturated rings. The van der Waals surface area contributed by atoms with Crippen LogP contribution in [-0.2, 0) is 6.42 Å². The van der Waals surface area contributed by atoms with Crippen LogP contribution >= 0.6 is 23.2 Å². The summed E-state index contributed by atoms with van der Waals surface area (Å²) in [5.74, 6) is 0.995. The van der Waals surface area contributed by atoms with Crippen molar-refractivity contribution >= 4 is 23.2 Å². The van der Waals surface area contributed by atoms with E-state index in [1.807, 2.05) is 36.4 Å². The van der Waals surface area contributed by atoms with Crippen molar-refractivity contribution in [3.8, 4) is 5.75 Å². The zero-order valence-electron chi connectivity index (χ0n) is 10.4. The number of hydrogen-bond donors (Lipinski definition) is 0. The van der Waals surface area contributed by atoms with E-state index in [0.717, 1.165) is 41.3 Å². The van der Waals surface area contributed by atoms with E-state index in [4.69, 9.17) is 27.9 Å². The van der Waals surface area contributed by atoms with Crippen molar-refractivity contribution in [1.29, 1.82) is 0 Å². The van der Waals surface area contributed by atoms with Gasteiger partial charge in [-0.05, 0) is 47.7 Å². The molecule has 0 saturated carbocycles. The normalized spacial score (nSPS) is 15.5. The quantitative estimate of drug-likeness (QED) is 0.708. The van der Waals surface area contributed by atoms with Crippen molar-refractivity contribution in [1.82, 2.24) is 0 Å². The number of halogens is 2. The zero-order chi connectivity index (χ0) is 13.2. The van der Waals surface area contributed by atoms with Crippen molar-refractivity contribution in [3.63, 3.8) is 0 Å². The predicted molar refractivity (Wildman–Crippen MR) is 79.4 cm³/mol. The van der Waals surface area contributed by atoms with Crippen LogP contribution in [0, 0.1) is 0 Å². The fraction of sp³-hybridized carbons (Fsp3) is 0.250. The van der Waals surface area contributed by atoms with Gasteiger partial charge < -0.3 is 4.74 Å². The van der Waals surface area contributed by atoms with Crippen LogP contribution in [0.1, 0.15) is 28.5 Å². The van der Waals surface area contributed by atoms with E-state index in [-0.39, 0.29) is 5.38 Å². The van der Waals surface area contributed by atoms with E-state index in [9.17, 15) is 0 Å². The van der Waals surface area contributed by atoms with Crippen molar-refractivity contribution in [2.24, 2.45) is 0 Å². The number of hydrogen-bond acceptors (Lipinski definition) is 1. The van der Waals surface area contributed by atoms with E-state index in [1.165, 1.54) is 5.56 Å². The summed E-state index contributed by atoms with van der Waals surface area (Å²) in [6.07, 6.45) is 2.14. The molecule has 0 amide bonds. The molecule has 1 aliphatic rings. The van der Waals surface area contributed by atoms with Crippen LogP contribution in [0.4, 0.5) is 0 Å². The summed E-state index contributed by atoms with van der Waals surface area (Å²) in [5, 5.41) is 0.580. The van der Waals surface area contributed by atoms with E-state index < -0.39 is 0 Å². The summed E-state index contributed by atoms with van der Waals surface area (Å²) in [5.41, 5.74) is 3.42. The molecule has 3 rings (SSSR count). The number of alkyl halides is 1. The van der Waals surface area contributed by atoms with Crippen LogP contribution in [0.25, 0.3) is 0 Å². The van der Waals surface area contributed by atoms with Gasteiger partial charge in [0.1, 0.15) is 5.75 Å². The molecular weight excluding hydrogens is 279 g/mol. The lowest BCUT2D eigenvalue weighted by atomic mass is 9.99. The van der Waals surface area contributed by atoms with Gasteiger partial charge in [0.15, 0.2) is 0 Å².